The van der Waals surface area contributed by atoms with Crippen LogP contribution >= 0.6 is 11.3 Å². The molecule has 1 nitrogen and oxygen atoms in total. The predicted octanol–water partition coefficient (Wildman–Crippen LogP) is 4.66. The minimum absolute atomic E-state index is 0.0377. The van der Waals surface area contributed by atoms with Crippen LogP contribution in [-0.2, 0) is 5.60 Å². The van der Waals surface area contributed by atoms with E-state index in [1.807, 2.05) is 11.4 Å². The standard InChI is InChI=1S/C15H26OS/c1-11(2)15(16,12-9-8-10-17-12)14(6,7)13(3,4)5/h8-11,16H,1-7H3. The summed E-state index contributed by atoms with van der Waals surface area (Å²) in [6.45, 7) is 15.2. The van der Waals surface area contributed by atoms with E-state index in [0.717, 1.165) is 4.88 Å². The normalized spacial score (nSPS) is 17.2. The summed E-state index contributed by atoms with van der Waals surface area (Å²) in [6.07, 6.45) is 0. The van der Waals surface area contributed by atoms with Crippen molar-refractivity contribution in [3.63, 3.8) is 0 Å². The lowest BCUT2D eigenvalue weighted by molar-refractivity contribution is -0.154. The van der Waals surface area contributed by atoms with E-state index in [1.165, 1.54) is 0 Å². The van der Waals surface area contributed by atoms with Gasteiger partial charge >= 0.3 is 0 Å². The molecule has 0 amide bonds. The molecule has 1 heterocycles. The van der Waals surface area contributed by atoms with Crippen LogP contribution in [0.1, 0.15) is 53.3 Å². The summed E-state index contributed by atoms with van der Waals surface area (Å²) >= 11 is 1.65. The summed E-state index contributed by atoms with van der Waals surface area (Å²) < 4.78 is 0. The van der Waals surface area contributed by atoms with Crippen molar-refractivity contribution in [3.05, 3.63) is 22.4 Å². The van der Waals surface area contributed by atoms with Gasteiger partial charge in [0.05, 0.1) is 0 Å². The van der Waals surface area contributed by atoms with E-state index in [4.69, 9.17) is 0 Å². The zero-order valence-corrected chi connectivity index (χ0v) is 13.0. The van der Waals surface area contributed by atoms with Crippen molar-refractivity contribution >= 4 is 11.3 Å². The Morgan fingerprint density at radius 2 is 1.65 bits per heavy atom. The molecule has 1 atom stereocenters. The van der Waals surface area contributed by atoms with Crippen molar-refractivity contribution < 1.29 is 5.11 Å². The third kappa shape index (κ3) is 2.17. The largest absolute Gasteiger partial charge is 0.383 e. The Bertz CT molecular complexity index is 357. The smallest absolute Gasteiger partial charge is 0.107 e. The van der Waals surface area contributed by atoms with Gasteiger partial charge in [-0.2, -0.15) is 0 Å². The summed E-state index contributed by atoms with van der Waals surface area (Å²) in [7, 11) is 0. The van der Waals surface area contributed by atoms with Crippen molar-refractivity contribution in [2.75, 3.05) is 0 Å². The van der Waals surface area contributed by atoms with Gasteiger partial charge in [0.2, 0.25) is 0 Å². The van der Waals surface area contributed by atoms with Crippen LogP contribution in [0.2, 0.25) is 0 Å². The Hall–Kier alpha value is -0.340. The highest BCUT2D eigenvalue weighted by Crippen LogP contribution is 2.55. The van der Waals surface area contributed by atoms with E-state index in [0.29, 0.717) is 0 Å². The maximum Gasteiger partial charge on any atom is 0.107 e. The molecule has 2 heteroatoms. The molecule has 98 valence electrons. The molecule has 1 rings (SSSR count). The molecule has 0 fully saturated rings. The van der Waals surface area contributed by atoms with Crippen LogP contribution in [0.5, 0.6) is 0 Å². The molecule has 0 radical (unpaired) electrons. The van der Waals surface area contributed by atoms with Gasteiger partial charge in [0.1, 0.15) is 5.60 Å². The topological polar surface area (TPSA) is 20.2 Å². The molecular formula is C15H26OS. The van der Waals surface area contributed by atoms with Gasteiger partial charge in [0.25, 0.3) is 0 Å². The fourth-order valence-corrected chi connectivity index (χ4v) is 3.51. The van der Waals surface area contributed by atoms with Crippen LogP contribution in [0.15, 0.2) is 17.5 Å². The van der Waals surface area contributed by atoms with E-state index in [2.05, 4.69) is 54.5 Å². The number of thiophene rings is 1. The molecule has 17 heavy (non-hydrogen) atoms. The molecule has 0 aliphatic rings. The molecule has 0 saturated heterocycles. The predicted molar refractivity (Wildman–Crippen MR) is 76.3 cm³/mol. The first-order valence-electron chi connectivity index (χ1n) is 6.31. The minimum atomic E-state index is -0.778. The second kappa shape index (κ2) is 4.40. The number of hydrogen-bond donors (Lipinski definition) is 1. The Labute approximate surface area is 110 Å². The zero-order valence-electron chi connectivity index (χ0n) is 12.2. The molecule has 0 aromatic carbocycles. The number of rotatable bonds is 3. The second-order valence-electron chi connectivity index (χ2n) is 6.77. The summed E-state index contributed by atoms with van der Waals surface area (Å²) in [6, 6.07) is 4.07. The summed E-state index contributed by atoms with van der Waals surface area (Å²) in [4.78, 5) is 1.08. The highest BCUT2D eigenvalue weighted by molar-refractivity contribution is 7.10. The maximum atomic E-state index is 11.3. The molecule has 0 saturated carbocycles. The lowest BCUT2D eigenvalue weighted by Gasteiger charge is -2.52. The zero-order chi connectivity index (χ0) is 13.5. The molecular weight excluding hydrogens is 228 g/mol. The molecule has 1 N–H and O–H groups in total. The second-order valence-corrected chi connectivity index (χ2v) is 7.72. The van der Waals surface area contributed by atoms with Gasteiger partial charge in [0.15, 0.2) is 0 Å². The first kappa shape index (κ1) is 14.7. The average molecular weight is 254 g/mol. The first-order valence-corrected chi connectivity index (χ1v) is 7.19. The van der Waals surface area contributed by atoms with Crippen molar-refractivity contribution in [3.8, 4) is 0 Å². The SMILES string of the molecule is CC(C)C(O)(c1cccs1)C(C)(C)C(C)(C)C. The van der Waals surface area contributed by atoms with Crippen LogP contribution in [-0.4, -0.2) is 5.11 Å². The molecule has 1 aromatic heterocycles. The summed E-state index contributed by atoms with van der Waals surface area (Å²) in [5.74, 6) is 0.190. The summed E-state index contributed by atoms with van der Waals surface area (Å²) in [5, 5.41) is 13.4. The third-order valence-corrected chi connectivity index (χ3v) is 5.55. The molecule has 0 aliphatic carbocycles. The van der Waals surface area contributed by atoms with Gasteiger partial charge in [-0.15, -0.1) is 11.3 Å². The van der Waals surface area contributed by atoms with E-state index in [-0.39, 0.29) is 16.7 Å². The minimum Gasteiger partial charge on any atom is -0.383 e. The van der Waals surface area contributed by atoms with E-state index >= 15 is 0 Å². The molecule has 0 bridgehead atoms. The maximum absolute atomic E-state index is 11.3. The lowest BCUT2D eigenvalue weighted by atomic mass is 9.56. The van der Waals surface area contributed by atoms with Crippen LogP contribution in [0.3, 0.4) is 0 Å². The number of aliphatic hydroxyl groups is 1. The van der Waals surface area contributed by atoms with Gasteiger partial charge in [0, 0.05) is 10.3 Å². The van der Waals surface area contributed by atoms with Gasteiger partial charge in [-0.25, -0.2) is 0 Å². The van der Waals surface area contributed by atoms with E-state index in [9.17, 15) is 5.11 Å². The van der Waals surface area contributed by atoms with Crippen LogP contribution in [0, 0.1) is 16.7 Å². The Morgan fingerprint density at radius 1 is 1.12 bits per heavy atom. The van der Waals surface area contributed by atoms with Gasteiger partial charge in [-0.3, -0.25) is 0 Å². The van der Waals surface area contributed by atoms with Gasteiger partial charge in [-0.1, -0.05) is 54.5 Å². The fraction of sp³-hybridized carbons (Fsp3) is 0.733. The summed E-state index contributed by atoms with van der Waals surface area (Å²) in [5.41, 5.74) is -0.936. The quantitative estimate of drug-likeness (QED) is 0.831. The van der Waals surface area contributed by atoms with Crippen molar-refractivity contribution in [1.29, 1.82) is 0 Å². The molecule has 1 aromatic rings. The van der Waals surface area contributed by atoms with Gasteiger partial charge < -0.3 is 5.11 Å². The van der Waals surface area contributed by atoms with E-state index in [1.54, 1.807) is 11.3 Å². The average Bonchev–Trinajstić information content (AvgIpc) is 2.66. The van der Waals surface area contributed by atoms with Crippen molar-refractivity contribution in [2.24, 2.45) is 16.7 Å². The number of hydrogen-bond acceptors (Lipinski definition) is 2. The fourth-order valence-electron chi connectivity index (χ4n) is 2.38. The highest BCUT2D eigenvalue weighted by Gasteiger charge is 2.53. The Balaban J connectivity index is 3.37. The Kier molecular flexibility index (Phi) is 3.81. The van der Waals surface area contributed by atoms with Crippen molar-refractivity contribution in [1.82, 2.24) is 0 Å². The molecule has 0 spiro atoms. The lowest BCUT2D eigenvalue weighted by Crippen LogP contribution is -2.52. The van der Waals surface area contributed by atoms with Crippen LogP contribution < -0.4 is 0 Å². The van der Waals surface area contributed by atoms with Crippen LogP contribution in [0.25, 0.3) is 0 Å². The third-order valence-electron chi connectivity index (χ3n) is 4.56. The highest BCUT2D eigenvalue weighted by atomic mass is 32.1. The van der Waals surface area contributed by atoms with Gasteiger partial charge in [-0.05, 0) is 22.8 Å². The Morgan fingerprint density at radius 3 is 1.94 bits per heavy atom. The van der Waals surface area contributed by atoms with E-state index < -0.39 is 5.60 Å². The van der Waals surface area contributed by atoms with Crippen molar-refractivity contribution in [2.45, 2.75) is 54.1 Å². The van der Waals surface area contributed by atoms with Crippen LogP contribution in [0.4, 0.5) is 0 Å². The molecule has 0 aliphatic heterocycles. The molecule has 1 unspecified atom stereocenters. The first-order chi connectivity index (χ1) is 7.55. The monoisotopic (exact) mass is 254 g/mol.